The Kier molecular flexibility index (Phi) is 3.72. The molecule has 2 aromatic carbocycles. The second kappa shape index (κ2) is 5.66. The van der Waals surface area contributed by atoms with Gasteiger partial charge >= 0.3 is 0 Å². The fraction of sp³-hybridized carbons (Fsp3) is 0.211. The predicted molar refractivity (Wildman–Crippen MR) is 88.6 cm³/mol. The Morgan fingerprint density at radius 3 is 2.62 bits per heavy atom. The first-order valence-corrected chi connectivity index (χ1v) is 7.28. The van der Waals surface area contributed by atoms with Gasteiger partial charge in [0.2, 0.25) is 0 Å². The highest BCUT2D eigenvalue weighted by atomic mass is 14.9. The van der Waals surface area contributed by atoms with Crippen molar-refractivity contribution in [1.29, 1.82) is 0 Å². The summed E-state index contributed by atoms with van der Waals surface area (Å²) in [6, 6.07) is 17.2. The summed E-state index contributed by atoms with van der Waals surface area (Å²) in [5.74, 6) is 0. The number of nitrogens with one attached hydrogen (secondary N) is 1. The predicted octanol–water partition coefficient (Wildman–Crippen LogP) is 4.16. The van der Waals surface area contributed by atoms with Crippen LogP contribution < -0.4 is 5.32 Å². The van der Waals surface area contributed by atoms with Crippen LogP contribution >= 0.6 is 0 Å². The van der Waals surface area contributed by atoms with E-state index in [0.717, 1.165) is 5.52 Å². The van der Waals surface area contributed by atoms with Crippen LogP contribution in [-0.4, -0.2) is 12.0 Å². The molecular weight excluding hydrogens is 256 g/mol. The molecule has 2 heteroatoms. The lowest BCUT2D eigenvalue weighted by Crippen LogP contribution is -2.19. The number of aryl methyl sites for hydroxylation is 2. The molecule has 0 saturated heterocycles. The Hall–Kier alpha value is -2.19. The van der Waals surface area contributed by atoms with Gasteiger partial charge in [-0.15, -0.1) is 0 Å². The number of aromatic nitrogens is 1. The molecule has 1 unspecified atom stereocenters. The molecule has 0 aliphatic carbocycles. The van der Waals surface area contributed by atoms with Crippen molar-refractivity contribution in [3.63, 3.8) is 0 Å². The molecule has 1 atom stereocenters. The third-order valence-corrected chi connectivity index (χ3v) is 3.98. The van der Waals surface area contributed by atoms with Crippen LogP contribution in [0.15, 0.2) is 54.7 Å². The Balaban J connectivity index is 2.11. The molecule has 0 saturated carbocycles. The first-order chi connectivity index (χ1) is 10.2. The smallest absolute Gasteiger partial charge is 0.0702 e. The topological polar surface area (TPSA) is 24.9 Å². The number of benzene rings is 2. The zero-order valence-corrected chi connectivity index (χ0v) is 12.7. The normalized spacial score (nSPS) is 12.5. The van der Waals surface area contributed by atoms with E-state index in [0.29, 0.717) is 0 Å². The van der Waals surface area contributed by atoms with Crippen molar-refractivity contribution in [2.75, 3.05) is 7.05 Å². The molecule has 0 aliphatic rings. The maximum Gasteiger partial charge on any atom is 0.0702 e. The van der Waals surface area contributed by atoms with Gasteiger partial charge < -0.3 is 5.32 Å². The van der Waals surface area contributed by atoms with E-state index >= 15 is 0 Å². The SMILES string of the molecule is CNC(c1cnc2ccccc2c1)c1cc(C)ccc1C. The molecule has 0 radical (unpaired) electrons. The van der Waals surface area contributed by atoms with Gasteiger partial charge in [0.05, 0.1) is 11.6 Å². The molecule has 1 heterocycles. The van der Waals surface area contributed by atoms with Gasteiger partial charge in [0.15, 0.2) is 0 Å². The van der Waals surface area contributed by atoms with Gasteiger partial charge in [0.25, 0.3) is 0 Å². The van der Waals surface area contributed by atoms with Crippen molar-refractivity contribution < 1.29 is 0 Å². The fourth-order valence-electron chi connectivity index (χ4n) is 2.82. The van der Waals surface area contributed by atoms with Crippen LogP contribution in [0.4, 0.5) is 0 Å². The number of nitrogens with zero attached hydrogens (tertiary/aromatic N) is 1. The van der Waals surface area contributed by atoms with E-state index in [1.807, 2.05) is 25.4 Å². The first kappa shape index (κ1) is 13.8. The molecule has 0 aliphatic heterocycles. The van der Waals surface area contributed by atoms with Crippen molar-refractivity contribution >= 4 is 10.9 Å². The van der Waals surface area contributed by atoms with Crippen LogP contribution in [0.3, 0.4) is 0 Å². The Morgan fingerprint density at radius 1 is 1.00 bits per heavy atom. The van der Waals surface area contributed by atoms with Crippen LogP contribution in [0.25, 0.3) is 10.9 Å². The number of para-hydroxylation sites is 1. The van der Waals surface area contributed by atoms with Gasteiger partial charge in [-0.3, -0.25) is 4.98 Å². The Labute approximate surface area is 125 Å². The zero-order chi connectivity index (χ0) is 14.8. The molecule has 1 aromatic heterocycles. The molecule has 3 aromatic rings. The van der Waals surface area contributed by atoms with Crippen LogP contribution in [-0.2, 0) is 0 Å². The van der Waals surface area contributed by atoms with Gasteiger partial charge in [0, 0.05) is 11.6 Å². The van der Waals surface area contributed by atoms with Gasteiger partial charge in [-0.25, -0.2) is 0 Å². The van der Waals surface area contributed by atoms with Gasteiger partial charge in [0.1, 0.15) is 0 Å². The highest BCUT2D eigenvalue weighted by Crippen LogP contribution is 2.27. The minimum atomic E-state index is 0.169. The van der Waals surface area contributed by atoms with E-state index in [9.17, 15) is 0 Å². The van der Waals surface area contributed by atoms with Crippen LogP contribution in [0.1, 0.15) is 28.3 Å². The third-order valence-electron chi connectivity index (χ3n) is 3.98. The van der Waals surface area contributed by atoms with Crippen LogP contribution in [0.2, 0.25) is 0 Å². The van der Waals surface area contributed by atoms with Crippen LogP contribution in [0.5, 0.6) is 0 Å². The van der Waals surface area contributed by atoms with Gasteiger partial charge in [-0.05, 0) is 49.7 Å². The molecule has 3 rings (SSSR count). The van der Waals surface area contributed by atoms with Crippen molar-refractivity contribution in [2.45, 2.75) is 19.9 Å². The quantitative estimate of drug-likeness (QED) is 0.777. The van der Waals surface area contributed by atoms with Crippen molar-refractivity contribution in [3.8, 4) is 0 Å². The molecule has 1 N–H and O–H groups in total. The van der Waals surface area contributed by atoms with Crippen LogP contribution in [0, 0.1) is 13.8 Å². The van der Waals surface area contributed by atoms with Crippen molar-refractivity contribution in [3.05, 3.63) is 77.0 Å². The van der Waals surface area contributed by atoms with Gasteiger partial charge in [-0.2, -0.15) is 0 Å². The van der Waals surface area contributed by atoms with Crippen molar-refractivity contribution in [1.82, 2.24) is 10.3 Å². The second-order valence-electron chi connectivity index (χ2n) is 5.54. The van der Waals surface area contributed by atoms with E-state index in [1.54, 1.807) is 0 Å². The molecule has 21 heavy (non-hydrogen) atoms. The monoisotopic (exact) mass is 276 g/mol. The summed E-state index contributed by atoms with van der Waals surface area (Å²) < 4.78 is 0. The molecule has 0 amide bonds. The Morgan fingerprint density at radius 2 is 1.81 bits per heavy atom. The number of hydrogen-bond acceptors (Lipinski definition) is 2. The summed E-state index contributed by atoms with van der Waals surface area (Å²) >= 11 is 0. The lowest BCUT2D eigenvalue weighted by molar-refractivity contribution is 0.685. The maximum absolute atomic E-state index is 4.59. The van der Waals surface area contributed by atoms with E-state index in [1.165, 1.54) is 27.6 Å². The fourth-order valence-corrected chi connectivity index (χ4v) is 2.82. The summed E-state index contributed by atoms with van der Waals surface area (Å²) in [4.78, 5) is 4.59. The summed E-state index contributed by atoms with van der Waals surface area (Å²) in [7, 11) is 2.00. The second-order valence-corrected chi connectivity index (χ2v) is 5.54. The number of fused-ring (bicyclic) bond motifs is 1. The maximum atomic E-state index is 4.59. The molecule has 0 spiro atoms. The minimum absolute atomic E-state index is 0.169. The molecule has 0 bridgehead atoms. The lowest BCUT2D eigenvalue weighted by Gasteiger charge is -2.20. The van der Waals surface area contributed by atoms with E-state index in [4.69, 9.17) is 0 Å². The average molecular weight is 276 g/mol. The van der Waals surface area contributed by atoms with Crippen molar-refractivity contribution in [2.24, 2.45) is 0 Å². The lowest BCUT2D eigenvalue weighted by atomic mass is 9.94. The number of pyridine rings is 1. The van der Waals surface area contributed by atoms with E-state index in [2.05, 4.69) is 60.5 Å². The first-order valence-electron chi connectivity index (χ1n) is 7.28. The summed E-state index contributed by atoms with van der Waals surface area (Å²) in [6.07, 6.45) is 1.98. The highest BCUT2D eigenvalue weighted by molar-refractivity contribution is 5.79. The third kappa shape index (κ3) is 2.67. The largest absolute Gasteiger partial charge is 0.309 e. The average Bonchev–Trinajstić information content (AvgIpc) is 2.51. The highest BCUT2D eigenvalue weighted by Gasteiger charge is 2.15. The summed E-state index contributed by atoms with van der Waals surface area (Å²) in [5, 5.41) is 4.61. The van der Waals surface area contributed by atoms with E-state index < -0.39 is 0 Å². The Bertz CT molecular complexity index is 777. The van der Waals surface area contributed by atoms with E-state index in [-0.39, 0.29) is 6.04 Å². The number of rotatable bonds is 3. The minimum Gasteiger partial charge on any atom is -0.309 e. The molecule has 106 valence electrons. The summed E-state index contributed by atoms with van der Waals surface area (Å²) in [6.45, 7) is 4.29. The number of hydrogen-bond donors (Lipinski definition) is 1. The molecular formula is C19H20N2. The summed E-state index contributed by atoms with van der Waals surface area (Å²) in [5.41, 5.74) is 6.13. The zero-order valence-electron chi connectivity index (χ0n) is 12.7. The molecule has 0 fully saturated rings. The van der Waals surface area contributed by atoms with Gasteiger partial charge in [-0.1, -0.05) is 42.0 Å². The molecule has 2 nitrogen and oxygen atoms in total. The standard InChI is InChI=1S/C19H20N2/c1-13-8-9-14(2)17(10-13)19(20-3)16-11-15-6-4-5-7-18(15)21-12-16/h4-12,19-20H,1-3H3.